The van der Waals surface area contributed by atoms with E-state index in [4.69, 9.17) is 11.6 Å². The van der Waals surface area contributed by atoms with Crippen LogP contribution in [-0.4, -0.2) is 11.8 Å². The van der Waals surface area contributed by atoms with Gasteiger partial charge in [-0.15, -0.1) is 0 Å². The molecule has 0 fully saturated rings. The van der Waals surface area contributed by atoms with E-state index in [2.05, 4.69) is 10.6 Å². The summed E-state index contributed by atoms with van der Waals surface area (Å²) in [6.07, 6.45) is 0. The van der Waals surface area contributed by atoms with Crippen molar-refractivity contribution in [1.29, 1.82) is 0 Å². The second-order valence-electron chi connectivity index (χ2n) is 8.90. The standard InChI is InChI=1S/C31H22ClN3O2S/c32-26-17-22(33-30(36)24-9-3-2-8-23(24)21-15-16-38-19-21)13-14-25(26)31(37)35-18-20-7-1-4-10-27(20)34-28-11-5-6-12-29(28)35/h1-17,19,34H,18H2,(H,33,36). The molecule has 186 valence electrons. The summed E-state index contributed by atoms with van der Waals surface area (Å²) in [7, 11) is 0. The SMILES string of the molecule is O=C(Nc1ccc(C(=O)N2Cc3ccccc3Nc3ccccc32)c(Cl)c1)c1ccccc1-c1ccsc1. The fourth-order valence-corrected chi connectivity index (χ4v) is 5.55. The largest absolute Gasteiger partial charge is 0.354 e. The van der Waals surface area contributed by atoms with Gasteiger partial charge >= 0.3 is 0 Å². The zero-order valence-corrected chi connectivity index (χ0v) is 21.7. The van der Waals surface area contributed by atoms with E-state index in [-0.39, 0.29) is 16.8 Å². The topological polar surface area (TPSA) is 61.4 Å². The number of hydrogen-bond donors (Lipinski definition) is 2. The summed E-state index contributed by atoms with van der Waals surface area (Å²) < 4.78 is 0. The number of benzene rings is 4. The number of hydrogen-bond acceptors (Lipinski definition) is 4. The number of anilines is 4. The molecule has 5 nitrogen and oxygen atoms in total. The third-order valence-corrected chi connectivity index (χ3v) is 7.51. The second-order valence-corrected chi connectivity index (χ2v) is 10.1. The maximum Gasteiger partial charge on any atom is 0.260 e. The van der Waals surface area contributed by atoms with Gasteiger partial charge in [0.2, 0.25) is 0 Å². The van der Waals surface area contributed by atoms with Crippen molar-refractivity contribution >= 4 is 57.5 Å². The highest BCUT2D eigenvalue weighted by Crippen LogP contribution is 2.37. The van der Waals surface area contributed by atoms with Crippen LogP contribution in [0.2, 0.25) is 5.02 Å². The van der Waals surface area contributed by atoms with Gasteiger partial charge in [0.1, 0.15) is 0 Å². The Morgan fingerprint density at radius 2 is 1.61 bits per heavy atom. The summed E-state index contributed by atoms with van der Waals surface area (Å²) in [5.41, 5.74) is 6.86. The van der Waals surface area contributed by atoms with Gasteiger partial charge in [0.05, 0.1) is 28.5 Å². The fraction of sp³-hybridized carbons (Fsp3) is 0.0323. The summed E-state index contributed by atoms with van der Waals surface area (Å²) in [4.78, 5) is 28.7. The van der Waals surface area contributed by atoms with Gasteiger partial charge in [-0.2, -0.15) is 11.3 Å². The zero-order chi connectivity index (χ0) is 26.1. The number of amides is 2. The Morgan fingerprint density at radius 1 is 0.842 bits per heavy atom. The van der Waals surface area contributed by atoms with E-state index in [9.17, 15) is 9.59 Å². The Balaban J connectivity index is 1.28. The van der Waals surface area contributed by atoms with Crippen LogP contribution in [0.15, 0.2) is 108 Å². The molecule has 7 heteroatoms. The molecule has 1 aliphatic rings. The number of halogens is 1. The first kappa shape index (κ1) is 24.0. The van der Waals surface area contributed by atoms with Crippen LogP contribution >= 0.6 is 22.9 Å². The number of fused-ring (bicyclic) bond motifs is 2. The molecule has 0 radical (unpaired) electrons. The Hall–Kier alpha value is -4.39. The molecule has 1 aromatic heterocycles. The van der Waals surface area contributed by atoms with Crippen molar-refractivity contribution in [2.45, 2.75) is 6.54 Å². The van der Waals surface area contributed by atoms with Crippen molar-refractivity contribution in [3.8, 4) is 11.1 Å². The number of carbonyl (C=O) groups is 2. The van der Waals surface area contributed by atoms with Gasteiger partial charge in [0.15, 0.2) is 0 Å². The Bertz CT molecular complexity index is 1670. The normalized spacial score (nSPS) is 12.1. The molecule has 6 rings (SSSR count). The van der Waals surface area contributed by atoms with Crippen molar-refractivity contribution < 1.29 is 9.59 Å². The van der Waals surface area contributed by atoms with Crippen LogP contribution in [0.4, 0.5) is 22.7 Å². The van der Waals surface area contributed by atoms with Crippen molar-refractivity contribution in [2.75, 3.05) is 15.5 Å². The fourth-order valence-electron chi connectivity index (χ4n) is 4.64. The smallest absolute Gasteiger partial charge is 0.260 e. The number of nitrogens with zero attached hydrogens (tertiary/aromatic N) is 1. The van der Waals surface area contributed by atoms with Crippen LogP contribution in [0.1, 0.15) is 26.3 Å². The predicted molar refractivity (Wildman–Crippen MR) is 156 cm³/mol. The Morgan fingerprint density at radius 3 is 2.42 bits per heavy atom. The lowest BCUT2D eigenvalue weighted by atomic mass is 10.0. The van der Waals surface area contributed by atoms with Gasteiger partial charge in [-0.05, 0) is 76.0 Å². The van der Waals surface area contributed by atoms with Crippen LogP contribution < -0.4 is 15.5 Å². The molecule has 0 unspecified atom stereocenters. The summed E-state index contributed by atoms with van der Waals surface area (Å²) in [5.74, 6) is -0.465. The lowest BCUT2D eigenvalue weighted by Gasteiger charge is -2.23. The summed E-state index contributed by atoms with van der Waals surface area (Å²) in [6, 6.07) is 30.1. The number of carbonyl (C=O) groups excluding carboxylic acids is 2. The molecule has 0 aliphatic carbocycles. The van der Waals surface area contributed by atoms with E-state index in [1.165, 1.54) is 0 Å². The van der Waals surface area contributed by atoms with Crippen LogP contribution in [-0.2, 0) is 6.54 Å². The number of nitrogens with one attached hydrogen (secondary N) is 2. The third kappa shape index (κ3) is 4.56. The molecule has 0 saturated heterocycles. The summed E-state index contributed by atoms with van der Waals surface area (Å²) in [6.45, 7) is 0.396. The minimum atomic E-state index is -0.244. The van der Waals surface area contributed by atoms with Crippen molar-refractivity contribution in [2.24, 2.45) is 0 Å². The molecule has 0 bridgehead atoms. The van der Waals surface area contributed by atoms with Crippen molar-refractivity contribution in [3.63, 3.8) is 0 Å². The van der Waals surface area contributed by atoms with Gasteiger partial charge in [-0.25, -0.2) is 0 Å². The van der Waals surface area contributed by atoms with Crippen LogP contribution in [0.25, 0.3) is 11.1 Å². The van der Waals surface area contributed by atoms with E-state index in [0.717, 1.165) is 33.8 Å². The van der Waals surface area contributed by atoms with Crippen LogP contribution in [0.3, 0.4) is 0 Å². The Kier molecular flexibility index (Phi) is 6.42. The molecule has 2 amide bonds. The molecule has 5 aromatic rings. The first-order valence-corrected chi connectivity index (χ1v) is 13.4. The predicted octanol–water partition coefficient (Wildman–Crippen LogP) is 8.22. The van der Waals surface area contributed by atoms with Gasteiger partial charge in [-0.3, -0.25) is 9.59 Å². The second kappa shape index (κ2) is 10.2. The number of thiophene rings is 1. The molecule has 38 heavy (non-hydrogen) atoms. The van der Waals surface area contributed by atoms with E-state index in [1.54, 1.807) is 40.5 Å². The minimum absolute atomic E-state index is 0.221. The monoisotopic (exact) mass is 535 g/mol. The van der Waals surface area contributed by atoms with Gasteiger partial charge < -0.3 is 15.5 Å². The average Bonchev–Trinajstić information content (AvgIpc) is 3.42. The van der Waals surface area contributed by atoms with Crippen molar-refractivity contribution in [1.82, 2.24) is 0 Å². The van der Waals surface area contributed by atoms with Crippen LogP contribution in [0, 0.1) is 0 Å². The maximum atomic E-state index is 13.8. The third-order valence-electron chi connectivity index (χ3n) is 6.52. The molecular formula is C31H22ClN3O2S. The highest BCUT2D eigenvalue weighted by atomic mass is 35.5. The quantitative estimate of drug-likeness (QED) is 0.244. The van der Waals surface area contributed by atoms with E-state index >= 15 is 0 Å². The first-order valence-electron chi connectivity index (χ1n) is 12.1. The molecule has 2 N–H and O–H groups in total. The molecular weight excluding hydrogens is 514 g/mol. The molecule has 0 atom stereocenters. The lowest BCUT2D eigenvalue weighted by Crippen LogP contribution is -2.30. The average molecular weight is 536 g/mol. The molecule has 0 spiro atoms. The maximum absolute atomic E-state index is 13.8. The summed E-state index contributed by atoms with van der Waals surface area (Å²) >= 11 is 8.22. The summed E-state index contributed by atoms with van der Waals surface area (Å²) in [5, 5.41) is 10.6. The number of rotatable bonds is 4. The first-order chi connectivity index (χ1) is 18.6. The van der Waals surface area contributed by atoms with Gasteiger partial charge in [-0.1, -0.05) is 60.1 Å². The van der Waals surface area contributed by atoms with E-state index < -0.39 is 0 Å². The van der Waals surface area contributed by atoms with Crippen LogP contribution in [0.5, 0.6) is 0 Å². The Labute approximate surface area is 229 Å². The minimum Gasteiger partial charge on any atom is -0.354 e. The highest BCUT2D eigenvalue weighted by molar-refractivity contribution is 7.08. The number of para-hydroxylation sites is 3. The molecule has 4 aromatic carbocycles. The molecule has 2 heterocycles. The van der Waals surface area contributed by atoms with Gasteiger partial charge in [0, 0.05) is 16.9 Å². The van der Waals surface area contributed by atoms with E-state index in [0.29, 0.717) is 23.4 Å². The lowest BCUT2D eigenvalue weighted by molar-refractivity contribution is 0.0984. The van der Waals surface area contributed by atoms with Gasteiger partial charge in [0.25, 0.3) is 11.8 Å². The zero-order valence-electron chi connectivity index (χ0n) is 20.1. The van der Waals surface area contributed by atoms with E-state index in [1.807, 2.05) is 83.6 Å². The molecule has 0 saturated carbocycles. The highest BCUT2D eigenvalue weighted by Gasteiger charge is 2.26. The molecule has 1 aliphatic heterocycles. The van der Waals surface area contributed by atoms with Crippen molar-refractivity contribution in [3.05, 3.63) is 130 Å².